The van der Waals surface area contributed by atoms with Crippen LogP contribution in [0.15, 0.2) is 24.3 Å². The number of halogens is 3. The third-order valence-electron chi connectivity index (χ3n) is 5.12. The summed E-state index contributed by atoms with van der Waals surface area (Å²) in [5.41, 5.74) is -0.755. The van der Waals surface area contributed by atoms with Crippen molar-refractivity contribution in [2.45, 2.75) is 43.8 Å². The number of hydrogen-bond donors (Lipinski definition) is 1. The molecule has 0 aromatic heterocycles. The maximum Gasteiger partial charge on any atom is 0.416 e. The lowest BCUT2D eigenvalue weighted by molar-refractivity contribution is -0.137. The number of sulfonamides is 1. The monoisotopic (exact) mass is 419 g/mol. The molecule has 28 heavy (non-hydrogen) atoms. The Morgan fingerprint density at radius 1 is 1.21 bits per heavy atom. The van der Waals surface area contributed by atoms with Crippen molar-refractivity contribution < 1.29 is 26.4 Å². The van der Waals surface area contributed by atoms with E-state index in [9.17, 15) is 26.4 Å². The second-order valence-electron chi connectivity index (χ2n) is 7.35. The van der Waals surface area contributed by atoms with Gasteiger partial charge in [0.25, 0.3) is 0 Å². The second kappa shape index (κ2) is 8.00. The molecule has 1 unspecified atom stereocenters. The predicted octanol–water partition coefficient (Wildman–Crippen LogP) is 1.82. The molecule has 1 saturated heterocycles. The van der Waals surface area contributed by atoms with E-state index in [4.69, 9.17) is 0 Å². The van der Waals surface area contributed by atoms with Crippen LogP contribution in [0.1, 0.15) is 30.9 Å². The highest BCUT2D eigenvalue weighted by Crippen LogP contribution is 2.30. The number of carbonyl (C=O) groups is 1. The van der Waals surface area contributed by atoms with Crippen LogP contribution in [0, 0.1) is 0 Å². The zero-order valence-electron chi connectivity index (χ0n) is 15.6. The molecule has 0 radical (unpaired) electrons. The van der Waals surface area contributed by atoms with Gasteiger partial charge in [-0.3, -0.25) is 9.69 Å². The van der Waals surface area contributed by atoms with Crippen molar-refractivity contribution in [3.8, 4) is 0 Å². The summed E-state index contributed by atoms with van der Waals surface area (Å²) in [5.74, 6) is -0.531. The Morgan fingerprint density at radius 2 is 1.86 bits per heavy atom. The van der Waals surface area contributed by atoms with Gasteiger partial charge in [-0.15, -0.1) is 0 Å². The van der Waals surface area contributed by atoms with Crippen LogP contribution in [-0.2, 0) is 26.7 Å². The Hall–Kier alpha value is -1.65. The molecule has 6 nitrogen and oxygen atoms in total. The number of benzene rings is 1. The average molecular weight is 419 g/mol. The Kier molecular flexibility index (Phi) is 6.02. The van der Waals surface area contributed by atoms with Crippen LogP contribution in [0.5, 0.6) is 0 Å². The number of alkyl halides is 3. The van der Waals surface area contributed by atoms with Crippen LogP contribution < -0.4 is 5.32 Å². The summed E-state index contributed by atoms with van der Waals surface area (Å²) in [6, 6.07) is 4.32. The van der Waals surface area contributed by atoms with Crippen molar-refractivity contribution in [1.29, 1.82) is 0 Å². The normalized spacial score (nSPS) is 20.7. The summed E-state index contributed by atoms with van der Waals surface area (Å²) < 4.78 is 65.0. The van der Waals surface area contributed by atoms with Crippen LogP contribution in [-0.4, -0.2) is 61.8 Å². The van der Waals surface area contributed by atoms with E-state index in [0.29, 0.717) is 13.1 Å². The van der Waals surface area contributed by atoms with Gasteiger partial charge in [-0.25, -0.2) is 8.42 Å². The van der Waals surface area contributed by atoms with E-state index < -0.39 is 27.5 Å². The van der Waals surface area contributed by atoms with Gasteiger partial charge in [-0.2, -0.15) is 17.5 Å². The molecule has 2 fully saturated rings. The standard InChI is InChI=1S/C18H24F3N3O3S/c1-13(17(25)22-16-5-6-16)23-7-9-24(10-8-23)28(26,27)12-14-3-2-4-15(11-14)18(19,20)21/h2-4,11,13,16H,5-10,12H2,1H3,(H,22,25). The fraction of sp³-hybridized carbons (Fsp3) is 0.611. The number of nitrogens with zero attached hydrogens (tertiary/aromatic N) is 2. The summed E-state index contributed by atoms with van der Waals surface area (Å²) in [6.07, 6.45) is -2.51. The first-order chi connectivity index (χ1) is 13.1. The van der Waals surface area contributed by atoms with Crippen LogP contribution in [0.2, 0.25) is 0 Å². The first kappa shape index (κ1) is 21.1. The lowest BCUT2D eigenvalue weighted by Gasteiger charge is -2.36. The molecule has 3 rings (SSSR count). The zero-order valence-corrected chi connectivity index (χ0v) is 16.4. The van der Waals surface area contributed by atoms with Crippen LogP contribution in [0.25, 0.3) is 0 Å². The van der Waals surface area contributed by atoms with Crippen molar-refractivity contribution in [1.82, 2.24) is 14.5 Å². The molecule has 2 aliphatic rings. The van der Waals surface area contributed by atoms with Gasteiger partial charge < -0.3 is 5.32 Å². The Morgan fingerprint density at radius 3 is 2.43 bits per heavy atom. The van der Waals surface area contributed by atoms with Crippen LogP contribution in [0.3, 0.4) is 0 Å². The summed E-state index contributed by atoms with van der Waals surface area (Å²) in [7, 11) is -3.74. The van der Waals surface area contributed by atoms with E-state index >= 15 is 0 Å². The Bertz CT molecular complexity index is 817. The predicted molar refractivity (Wildman–Crippen MR) is 97.8 cm³/mol. The topological polar surface area (TPSA) is 69.7 Å². The van der Waals surface area contributed by atoms with E-state index in [1.165, 1.54) is 16.4 Å². The van der Waals surface area contributed by atoms with Gasteiger partial charge in [0.05, 0.1) is 17.4 Å². The smallest absolute Gasteiger partial charge is 0.352 e. The molecule has 1 aromatic carbocycles. The van der Waals surface area contributed by atoms with Crippen molar-refractivity contribution in [2.24, 2.45) is 0 Å². The van der Waals surface area contributed by atoms with Gasteiger partial charge in [0.1, 0.15) is 0 Å². The number of hydrogen-bond acceptors (Lipinski definition) is 4. The molecular weight excluding hydrogens is 395 g/mol. The highest BCUT2D eigenvalue weighted by atomic mass is 32.2. The number of nitrogens with one attached hydrogen (secondary N) is 1. The zero-order chi connectivity index (χ0) is 20.5. The van der Waals surface area contributed by atoms with Crippen molar-refractivity contribution in [3.05, 3.63) is 35.4 Å². The van der Waals surface area contributed by atoms with Gasteiger partial charge >= 0.3 is 6.18 Å². The third kappa shape index (κ3) is 5.24. The summed E-state index contributed by atoms with van der Waals surface area (Å²) in [6.45, 7) is 3.03. The second-order valence-corrected chi connectivity index (χ2v) is 9.32. The van der Waals surface area contributed by atoms with E-state index in [-0.39, 0.29) is 36.6 Å². The van der Waals surface area contributed by atoms with Gasteiger partial charge in [0.15, 0.2) is 0 Å². The molecule has 1 aromatic rings. The molecule has 1 heterocycles. The van der Waals surface area contributed by atoms with Crippen LogP contribution in [0.4, 0.5) is 13.2 Å². The fourth-order valence-electron chi connectivity index (χ4n) is 3.22. The van der Waals surface area contributed by atoms with E-state index in [1.807, 2.05) is 4.90 Å². The summed E-state index contributed by atoms with van der Waals surface area (Å²) in [4.78, 5) is 14.1. The maximum absolute atomic E-state index is 12.8. The maximum atomic E-state index is 12.8. The molecule has 1 aliphatic heterocycles. The largest absolute Gasteiger partial charge is 0.416 e. The number of piperazine rings is 1. The Balaban J connectivity index is 1.58. The molecule has 1 amide bonds. The lowest BCUT2D eigenvalue weighted by atomic mass is 10.1. The lowest BCUT2D eigenvalue weighted by Crippen LogP contribution is -2.55. The van der Waals surface area contributed by atoms with Gasteiger partial charge in [-0.1, -0.05) is 18.2 Å². The van der Waals surface area contributed by atoms with Crippen molar-refractivity contribution >= 4 is 15.9 Å². The fourth-order valence-corrected chi connectivity index (χ4v) is 4.73. The number of carbonyl (C=O) groups excluding carboxylic acids is 1. The molecule has 0 bridgehead atoms. The molecule has 0 spiro atoms. The molecule has 1 N–H and O–H groups in total. The molecule has 1 aliphatic carbocycles. The average Bonchev–Trinajstić information content (AvgIpc) is 3.44. The first-order valence-electron chi connectivity index (χ1n) is 9.24. The first-order valence-corrected chi connectivity index (χ1v) is 10.9. The Labute approximate surface area is 162 Å². The molecule has 1 atom stereocenters. The van der Waals surface area contributed by atoms with Gasteiger partial charge in [-0.05, 0) is 31.4 Å². The number of rotatable bonds is 6. The minimum Gasteiger partial charge on any atom is -0.352 e. The van der Waals surface area contributed by atoms with Gasteiger partial charge in [0.2, 0.25) is 15.9 Å². The SMILES string of the molecule is CC(C(=O)NC1CC1)N1CCN(S(=O)(=O)Cc2cccc(C(F)(F)F)c2)CC1. The minimum atomic E-state index is -4.51. The van der Waals surface area contributed by atoms with Gasteiger partial charge in [0, 0.05) is 32.2 Å². The quantitative estimate of drug-likeness (QED) is 0.764. The summed E-state index contributed by atoms with van der Waals surface area (Å²) in [5, 5.41) is 2.94. The molecule has 1 saturated carbocycles. The molecule has 10 heteroatoms. The molecule has 156 valence electrons. The molecular formula is C18H24F3N3O3S. The van der Waals surface area contributed by atoms with E-state index in [1.54, 1.807) is 6.92 Å². The van der Waals surface area contributed by atoms with Crippen molar-refractivity contribution in [2.75, 3.05) is 26.2 Å². The third-order valence-corrected chi connectivity index (χ3v) is 6.97. The van der Waals surface area contributed by atoms with Crippen LogP contribution >= 0.6 is 0 Å². The van der Waals surface area contributed by atoms with E-state index in [0.717, 1.165) is 25.0 Å². The summed E-state index contributed by atoms with van der Waals surface area (Å²) >= 11 is 0. The highest BCUT2D eigenvalue weighted by Gasteiger charge is 2.34. The highest BCUT2D eigenvalue weighted by molar-refractivity contribution is 7.88. The minimum absolute atomic E-state index is 0.0530. The van der Waals surface area contributed by atoms with E-state index in [2.05, 4.69) is 5.32 Å². The number of amides is 1. The van der Waals surface area contributed by atoms with Crippen molar-refractivity contribution in [3.63, 3.8) is 0 Å².